The second kappa shape index (κ2) is 6.17. The van der Waals surface area contributed by atoms with Crippen LogP contribution in [0.4, 0.5) is 18.0 Å². The van der Waals surface area contributed by atoms with Crippen LogP contribution in [0.1, 0.15) is 27.2 Å². The Kier molecular flexibility index (Phi) is 5.94. The summed E-state index contributed by atoms with van der Waals surface area (Å²) in [7, 11) is 0.703. The summed E-state index contributed by atoms with van der Waals surface area (Å²) in [5, 5.41) is 1.84. The molecule has 10 heteroatoms. The third-order valence-electron chi connectivity index (χ3n) is 1.60. The average molecular weight is 326 g/mol. The molecule has 0 radical (unpaired) electrons. The van der Waals surface area contributed by atoms with Crippen LogP contribution >= 0.6 is 10.7 Å². The van der Waals surface area contributed by atoms with Gasteiger partial charge in [-0.2, -0.15) is 13.2 Å². The standard InChI is InChI=1S/C9H15ClF3NO4S/c1-8(2,3)18-7(15)14-6(4-9(11,12)13)5-19(10,16)17/h6H,4-5H2,1-3H3,(H,14,15). The van der Waals surface area contributed by atoms with Gasteiger partial charge in [-0.3, -0.25) is 0 Å². The highest BCUT2D eigenvalue weighted by Gasteiger charge is 2.35. The third kappa shape index (κ3) is 12.1. The van der Waals surface area contributed by atoms with E-state index in [-0.39, 0.29) is 0 Å². The van der Waals surface area contributed by atoms with Crippen LogP contribution in [0, 0.1) is 0 Å². The molecule has 0 heterocycles. The van der Waals surface area contributed by atoms with Gasteiger partial charge >= 0.3 is 12.3 Å². The molecular formula is C9H15ClF3NO4S. The number of carbonyl (C=O) groups excluding carboxylic acids is 1. The molecule has 0 fully saturated rings. The molecule has 5 nitrogen and oxygen atoms in total. The van der Waals surface area contributed by atoms with Crippen LogP contribution < -0.4 is 5.32 Å². The van der Waals surface area contributed by atoms with Crippen molar-refractivity contribution < 1.29 is 31.1 Å². The molecule has 0 aromatic rings. The number of alkyl carbamates (subject to hydrolysis) is 1. The topological polar surface area (TPSA) is 72.5 Å². The summed E-state index contributed by atoms with van der Waals surface area (Å²) in [5.74, 6) is -1.03. The molecule has 0 bridgehead atoms. The predicted molar refractivity (Wildman–Crippen MR) is 63.5 cm³/mol. The first-order valence-corrected chi connectivity index (χ1v) is 7.64. The van der Waals surface area contributed by atoms with Crippen LogP contribution in [-0.2, 0) is 13.8 Å². The van der Waals surface area contributed by atoms with E-state index in [2.05, 4.69) is 0 Å². The summed E-state index contributed by atoms with van der Waals surface area (Å²) in [6.07, 6.45) is -7.29. The Labute approximate surface area is 113 Å². The molecule has 0 spiro atoms. The summed E-state index contributed by atoms with van der Waals surface area (Å²) in [6, 6.07) is -1.70. The summed E-state index contributed by atoms with van der Waals surface area (Å²) in [6.45, 7) is 4.55. The van der Waals surface area contributed by atoms with Gasteiger partial charge in [-0.05, 0) is 20.8 Å². The number of hydrogen-bond acceptors (Lipinski definition) is 4. The summed E-state index contributed by atoms with van der Waals surface area (Å²) < 4.78 is 63.1. The molecule has 19 heavy (non-hydrogen) atoms. The summed E-state index contributed by atoms with van der Waals surface area (Å²) in [5.41, 5.74) is -0.910. The van der Waals surface area contributed by atoms with Gasteiger partial charge in [0.15, 0.2) is 0 Å². The lowest BCUT2D eigenvalue weighted by Gasteiger charge is -2.23. The molecule has 1 N–H and O–H groups in total. The smallest absolute Gasteiger partial charge is 0.407 e. The largest absolute Gasteiger partial charge is 0.444 e. The van der Waals surface area contributed by atoms with Crippen molar-refractivity contribution in [1.82, 2.24) is 5.32 Å². The van der Waals surface area contributed by atoms with Crippen molar-refractivity contribution in [3.63, 3.8) is 0 Å². The lowest BCUT2D eigenvalue weighted by Crippen LogP contribution is -2.44. The normalized spacial score (nSPS) is 14.9. The van der Waals surface area contributed by atoms with Gasteiger partial charge in [0, 0.05) is 10.7 Å². The Morgan fingerprint density at radius 1 is 1.32 bits per heavy atom. The average Bonchev–Trinajstić information content (AvgIpc) is 1.90. The Balaban J connectivity index is 4.72. The van der Waals surface area contributed by atoms with Crippen LogP contribution in [-0.4, -0.2) is 38.1 Å². The maximum absolute atomic E-state index is 12.2. The lowest BCUT2D eigenvalue weighted by molar-refractivity contribution is -0.138. The minimum absolute atomic E-state index is 0.910. The van der Waals surface area contributed by atoms with Crippen molar-refractivity contribution in [3.05, 3.63) is 0 Å². The van der Waals surface area contributed by atoms with Gasteiger partial charge in [-0.25, -0.2) is 13.2 Å². The number of amides is 1. The molecule has 0 aliphatic carbocycles. The monoisotopic (exact) mass is 325 g/mol. The van der Waals surface area contributed by atoms with E-state index in [1.54, 1.807) is 0 Å². The molecule has 0 aliphatic heterocycles. The SMILES string of the molecule is CC(C)(C)OC(=O)NC(CC(F)(F)F)CS(=O)(=O)Cl. The van der Waals surface area contributed by atoms with E-state index in [1.165, 1.54) is 20.8 Å². The molecular weight excluding hydrogens is 311 g/mol. The van der Waals surface area contributed by atoms with Gasteiger partial charge in [-0.1, -0.05) is 0 Å². The highest BCUT2D eigenvalue weighted by Crippen LogP contribution is 2.23. The van der Waals surface area contributed by atoms with E-state index >= 15 is 0 Å². The Hall–Kier alpha value is -0.700. The molecule has 0 saturated heterocycles. The predicted octanol–water partition coefficient (Wildman–Crippen LogP) is 2.40. The van der Waals surface area contributed by atoms with Gasteiger partial charge in [0.1, 0.15) is 5.60 Å². The first-order valence-electron chi connectivity index (χ1n) is 5.16. The first kappa shape index (κ1) is 18.3. The van der Waals surface area contributed by atoms with Crippen molar-refractivity contribution in [2.75, 3.05) is 5.75 Å². The van der Waals surface area contributed by atoms with E-state index in [0.717, 1.165) is 0 Å². The Morgan fingerprint density at radius 2 is 1.79 bits per heavy atom. The number of alkyl halides is 3. The van der Waals surface area contributed by atoms with Crippen LogP contribution in [0.15, 0.2) is 0 Å². The molecule has 0 rings (SSSR count). The molecule has 0 aliphatic rings. The molecule has 1 amide bonds. The fourth-order valence-electron chi connectivity index (χ4n) is 1.15. The minimum atomic E-state index is -4.64. The number of rotatable bonds is 4. The number of halogens is 4. The highest BCUT2D eigenvalue weighted by molar-refractivity contribution is 8.13. The van der Waals surface area contributed by atoms with Crippen molar-refractivity contribution in [3.8, 4) is 0 Å². The van der Waals surface area contributed by atoms with Crippen molar-refractivity contribution in [1.29, 1.82) is 0 Å². The van der Waals surface area contributed by atoms with Gasteiger partial charge < -0.3 is 10.1 Å². The molecule has 0 saturated carbocycles. The molecule has 114 valence electrons. The van der Waals surface area contributed by atoms with E-state index < -0.39 is 45.1 Å². The van der Waals surface area contributed by atoms with Gasteiger partial charge in [0.05, 0.1) is 18.2 Å². The zero-order chi connectivity index (χ0) is 15.5. The zero-order valence-electron chi connectivity index (χ0n) is 10.5. The van der Waals surface area contributed by atoms with Crippen molar-refractivity contribution >= 4 is 25.8 Å². The first-order chi connectivity index (χ1) is 8.18. The quantitative estimate of drug-likeness (QED) is 0.806. The maximum Gasteiger partial charge on any atom is 0.407 e. The minimum Gasteiger partial charge on any atom is -0.444 e. The highest BCUT2D eigenvalue weighted by atomic mass is 35.7. The van der Waals surface area contributed by atoms with Crippen LogP contribution in [0.25, 0.3) is 0 Å². The fourth-order valence-corrected chi connectivity index (χ4v) is 2.28. The second-order valence-corrected chi connectivity index (χ2v) is 7.69. The van der Waals surface area contributed by atoms with E-state index in [4.69, 9.17) is 15.4 Å². The molecule has 0 aromatic heterocycles. The molecule has 1 unspecified atom stereocenters. The van der Waals surface area contributed by atoms with Gasteiger partial charge in [0.25, 0.3) is 0 Å². The van der Waals surface area contributed by atoms with Gasteiger partial charge in [-0.15, -0.1) is 0 Å². The maximum atomic E-state index is 12.2. The molecule has 0 aromatic carbocycles. The third-order valence-corrected chi connectivity index (χ3v) is 2.78. The Bertz CT molecular complexity index is 416. The van der Waals surface area contributed by atoms with E-state index in [0.29, 0.717) is 0 Å². The lowest BCUT2D eigenvalue weighted by atomic mass is 10.2. The van der Waals surface area contributed by atoms with Crippen LogP contribution in [0.3, 0.4) is 0 Å². The number of ether oxygens (including phenoxy) is 1. The van der Waals surface area contributed by atoms with Gasteiger partial charge in [0.2, 0.25) is 9.05 Å². The second-order valence-electron chi connectivity index (χ2n) is 4.87. The fraction of sp³-hybridized carbons (Fsp3) is 0.889. The molecule has 1 atom stereocenters. The van der Waals surface area contributed by atoms with E-state index in [1.807, 2.05) is 5.32 Å². The van der Waals surface area contributed by atoms with E-state index in [9.17, 15) is 26.4 Å². The number of nitrogens with one attached hydrogen (secondary N) is 1. The number of hydrogen-bond donors (Lipinski definition) is 1. The zero-order valence-corrected chi connectivity index (χ0v) is 12.1. The van der Waals surface area contributed by atoms with Crippen molar-refractivity contribution in [2.24, 2.45) is 0 Å². The summed E-state index contributed by atoms with van der Waals surface area (Å²) in [4.78, 5) is 11.3. The van der Waals surface area contributed by atoms with Crippen LogP contribution in [0.5, 0.6) is 0 Å². The number of carbonyl (C=O) groups is 1. The summed E-state index contributed by atoms with van der Waals surface area (Å²) >= 11 is 0. The Morgan fingerprint density at radius 3 is 2.11 bits per heavy atom. The van der Waals surface area contributed by atoms with Crippen molar-refractivity contribution in [2.45, 2.75) is 45.0 Å². The van der Waals surface area contributed by atoms with Crippen LogP contribution in [0.2, 0.25) is 0 Å².